The second kappa shape index (κ2) is 7.26. The lowest BCUT2D eigenvalue weighted by Crippen LogP contribution is -2.41. The van der Waals surface area contributed by atoms with Crippen LogP contribution in [0.25, 0.3) is 0 Å². The molecule has 0 saturated heterocycles. The predicted molar refractivity (Wildman–Crippen MR) is 89.6 cm³/mol. The standard InChI is InChI=1S/C18H29NOS/c20-14-18(10-4-1-5-11-18)13-19-17(15-7-2-3-8-15)16-9-6-12-21-16/h6,9,12,15,17,19-20H,1-5,7-8,10-11,13-14H2. The van der Waals surface area contributed by atoms with Crippen molar-refractivity contribution in [3.05, 3.63) is 22.4 Å². The van der Waals surface area contributed by atoms with Crippen LogP contribution in [0, 0.1) is 11.3 Å². The lowest BCUT2D eigenvalue weighted by molar-refractivity contribution is 0.0757. The predicted octanol–water partition coefficient (Wildman–Crippen LogP) is 4.51. The number of hydrogen-bond acceptors (Lipinski definition) is 3. The van der Waals surface area contributed by atoms with E-state index in [1.807, 2.05) is 11.3 Å². The first kappa shape index (κ1) is 15.5. The fourth-order valence-corrected chi connectivity index (χ4v) is 5.17. The van der Waals surface area contributed by atoms with E-state index in [4.69, 9.17) is 0 Å². The van der Waals surface area contributed by atoms with Crippen LogP contribution in [0.3, 0.4) is 0 Å². The first-order chi connectivity index (χ1) is 10.3. The van der Waals surface area contributed by atoms with Crippen LogP contribution < -0.4 is 5.32 Å². The molecular formula is C18H29NOS. The Hall–Kier alpha value is -0.380. The van der Waals surface area contributed by atoms with Crippen LogP contribution in [-0.4, -0.2) is 18.3 Å². The van der Waals surface area contributed by atoms with E-state index in [0.717, 1.165) is 12.5 Å². The van der Waals surface area contributed by atoms with Crippen molar-refractivity contribution in [3.8, 4) is 0 Å². The molecule has 0 amide bonds. The first-order valence-corrected chi connectivity index (χ1v) is 9.59. The third kappa shape index (κ3) is 3.69. The van der Waals surface area contributed by atoms with E-state index in [1.54, 1.807) is 0 Å². The summed E-state index contributed by atoms with van der Waals surface area (Å²) in [5.41, 5.74) is 0.145. The number of aliphatic hydroxyl groups is 1. The van der Waals surface area contributed by atoms with E-state index in [9.17, 15) is 5.11 Å². The summed E-state index contributed by atoms with van der Waals surface area (Å²) in [6.07, 6.45) is 11.8. The van der Waals surface area contributed by atoms with Crippen molar-refractivity contribution in [2.75, 3.05) is 13.2 Å². The smallest absolute Gasteiger partial charge is 0.0499 e. The SMILES string of the molecule is OCC1(CNC(c2cccs2)C2CCCC2)CCCCC1. The molecule has 1 aromatic rings. The minimum atomic E-state index is 0.145. The molecule has 0 spiro atoms. The van der Waals surface area contributed by atoms with Crippen molar-refractivity contribution < 1.29 is 5.11 Å². The summed E-state index contributed by atoms with van der Waals surface area (Å²) in [6.45, 7) is 1.34. The highest BCUT2D eigenvalue weighted by Gasteiger charge is 2.34. The Morgan fingerprint density at radius 2 is 1.95 bits per heavy atom. The van der Waals surface area contributed by atoms with Gasteiger partial charge in [0.2, 0.25) is 0 Å². The highest BCUT2D eigenvalue weighted by Crippen LogP contribution is 2.40. The van der Waals surface area contributed by atoms with Gasteiger partial charge in [0.05, 0.1) is 0 Å². The molecule has 0 aromatic carbocycles. The fourth-order valence-electron chi connectivity index (χ4n) is 4.28. The topological polar surface area (TPSA) is 32.3 Å². The van der Waals surface area contributed by atoms with Crippen LogP contribution in [0.4, 0.5) is 0 Å². The van der Waals surface area contributed by atoms with Crippen molar-refractivity contribution in [2.45, 2.75) is 63.8 Å². The highest BCUT2D eigenvalue weighted by molar-refractivity contribution is 7.10. The Morgan fingerprint density at radius 3 is 2.57 bits per heavy atom. The summed E-state index contributed by atoms with van der Waals surface area (Å²) in [5.74, 6) is 0.794. The van der Waals surface area contributed by atoms with E-state index in [2.05, 4.69) is 22.8 Å². The van der Waals surface area contributed by atoms with Crippen molar-refractivity contribution in [1.29, 1.82) is 0 Å². The van der Waals surface area contributed by atoms with Gasteiger partial charge in [0.15, 0.2) is 0 Å². The summed E-state index contributed by atoms with van der Waals surface area (Å²) >= 11 is 1.89. The van der Waals surface area contributed by atoms with Crippen LogP contribution in [0.5, 0.6) is 0 Å². The third-order valence-electron chi connectivity index (χ3n) is 5.67. The molecule has 21 heavy (non-hydrogen) atoms. The van der Waals surface area contributed by atoms with Gasteiger partial charge in [-0.05, 0) is 43.0 Å². The minimum absolute atomic E-state index is 0.145. The second-order valence-corrected chi connectivity index (χ2v) is 8.12. The molecule has 0 radical (unpaired) electrons. The van der Waals surface area contributed by atoms with Crippen LogP contribution in [-0.2, 0) is 0 Å². The second-order valence-electron chi connectivity index (χ2n) is 7.14. The lowest BCUT2D eigenvalue weighted by Gasteiger charge is -2.38. The average Bonchev–Trinajstić information content (AvgIpc) is 3.22. The number of rotatable bonds is 6. The summed E-state index contributed by atoms with van der Waals surface area (Å²) in [6, 6.07) is 4.97. The molecule has 0 aliphatic heterocycles. The molecule has 1 unspecified atom stereocenters. The molecule has 1 atom stereocenters. The van der Waals surface area contributed by atoms with Crippen molar-refractivity contribution in [2.24, 2.45) is 11.3 Å². The van der Waals surface area contributed by atoms with Gasteiger partial charge in [-0.3, -0.25) is 0 Å². The van der Waals surface area contributed by atoms with Gasteiger partial charge in [-0.25, -0.2) is 0 Å². The largest absolute Gasteiger partial charge is 0.396 e. The summed E-state index contributed by atoms with van der Waals surface area (Å²) in [7, 11) is 0. The molecule has 118 valence electrons. The minimum Gasteiger partial charge on any atom is -0.396 e. The summed E-state index contributed by atoms with van der Waals surface area (Å²) in [5, 5.41) is 16.0. The maximum absolute atomic E-state index is 9.91. The van der Waals surface area contributed by atoms with Gasteiger partial charge in [-0.1, -0.05) is 38.2 Å². The molecule has 1 heterocycles. The molecule has 3 heteroatoms. The maximum Gasteiger partial charge on any atom is 0.0499 e. The molecule has 2 aliphatic rings. The Balaban J connectivity index is 1.66. The zero-order chi connectivity index (χ0) is 14.5. The van der Waals surface area contributed by atoms with E-state index in [-0.39, 0.29) is 5.41 Å². The Bertz CT molecular complexity index is 405. The summed E-state index contributed by atoms with van der Waals surface area (Å²) < 4.78 is 0. The summed E-state index contributed by atoms with van der Waals surface area (Å²) in [4.78, 5) is 1.49. The molecule has 2 nitrogen and oxygen atoms in total. The van der Waals surface area contributed by atoms with E-state index in [0.29, 0.717) is 12.6 Å². The number of hydrogen-bond donors (Lipinski definition) is 2. The Kier molecular flexibility index (Phi) is 5.36. The van der Waals surface area contributed by atoms with Crippen LogP contribution in [0.15, 0.2) is 17.5 Å². The van der Waals surface area contributed by atoms with Crippen molar-refractivity contribution in [1.82, 2.24) is 5.32 Å². The van der Waals surface area contributed by atoms with E-state index >= 15 is 0 Å². The van der Waals surface area contributed by atoms with Crippen LogP contribution in [0.2, 0.25) is 0 Å². The average molecular weight is 308 g/mol. The van der Waals surface area contributed by atoms with Gasteiger partial charge < -0.3 is 10.4 Å². The molecule has 0 bridgehead atoms. The zero-order valence-corrected chi connectivity index (χ0v) is 13.8. The molecule has 2 N–H and O–H groups in total. The van der Waals surface area contributed by atoms with Gasteiger partial charge in [0.1, 0.15) is 0 Å². The third-order valence-corrected chi connectivity index (χ3v) is 6.62. The van der Waals surface area contributed by atoms with Crippen molar-refractivity contribution >= 4 is 11.3 Å². The Labute approximate surface area is 133 Å². The maximum atomic E-state index is 9.91. The first-order valence-electron chi connectivity index (χ1n) is 8.71. The quantitative estimate of drug-likeness (QED) is 0.810. The van der Waals surface area contributed by atoms with Gasteiger partial charge in [0.25, 0.3) is 0 Å². The lowest BCUT2D eigenvalue weighted by atomic mass is 9.74. The number of thiophene rings is 1. The number of nitrogens with one attached hydrogen (secondary N) is 1. The van der Waals surface area contributed by atoms with Gasteiger partial charge >= 0.3 is 0 Å². The zero-order valence-electron chi connectivity index (χ0n) is 13.0. The monoisotopic (exact) mass is 307 g/mol. The van der Waals surface area contributed by atoms with Crippen LogP contribution in [0.1, 0.15) is 68.7 Å². The van der Waals surface area contributed by atoms with Gasteiger partial charge in [-0.15, -0.1) is 11.3 Å². The normalized spacial score (nSPS) is 24.2. The fraction of sp³-hybridized carbons (Fsp3) is 0.778. The van der Waals surface area contributed by atoms with E-state index in [1.165, 1.54) is 62.7 Å². The van der Waals surface area contributed by atoms with E-state index < -0.39 is 0 Å². The van der Waals surface area contributed by atoms with Gasteiger partial charge in [0, 0.05) is 29.5 Å². The van der Waals surface area contributed by atoms with Gasteiger partial charge in [-0.2, -0.15) is 0 Å². The molecular weight excluding hydrogens is 278 g/mol. The molecule has 2 fully saturated rings. The molecule has 3 rings (SSSR count). The Morgan fingerprint density at radius 1 is 1.19 bits per heavy atom. The van der Waals surface area contributed by atoms with Crippen LogP contribution >= 0.6 is 11.3 Å². The number of aliphatic hydroxyl groups excluding tert-OH is 1. The van der Waals surface area contributed by atoms with Crippen molar-refractivity contribution in [3.63, 3.8) is 0 Å². The molecule has 1 aromatic heterocycles. The molecule has 2 aliphatic carbocycles. The highest BCUT2D eigenvalue weighted by atomic mass is 32.1. The molecule has 2 saturated carbocycles.